The number of nitrogens with zero attached hydrogens (tertiary/aromatic N) is 2. The minimum Gasteiger partial charge on any atom is -0.456 e. The maximum Gasteiger partial charge on any atom is 0.137 e. The number of hydrogen-bond acceptors (Lipinski definition) is 2. The van der Waals surface area contributed by atoms with E-state index < -0.39 is 0 Å². The van der Waals surface area contributed by atoms with Gasteiger partial charge in [-0.15, -0.1) is 0 Å². The van der Waals surface area contributed by atoms with Gasteiger partial charge < -0.3 is 13.9 Å². The van der Waals surface area contributed by atoms with E-state index in [1.165, 1.54) is 44.1 Å². The van der Waals surface area contributed by atoms with Crippen molar-refractivity contribution in [3.63, 3.8) is 0 Å². The van der Waals surface area contributed by atoms with Gasteiger partial charge in [0.05, 0.1) is 16.4 Å². The molecular weight excluding hydrogens is 585 g/mol. The highest BCUT2D eigenvalue weighted by Crippen LogP contribution is 2.51. The first kappa shape index (κ1) is 27.1. The Bertz CT molecular complexity index is 2640. The lowest BCUT2D eigenvalue weighted by Crippen LogP contribution is -2.15. The summed E-state index contributed by atoms with van der Waals surface area (Å²) in [6.07, 6.45) is 0. The SMILES string of the molecule is CC1(C)c2ccccc2-c2cc3c4ccc5oc6ccccc6c5c4n(-c4ccc(N(c5ccccc5)c5ccccc5)cc4)c3cc21. The molecule has 0 atom stereocenters. The van der Waals surface area contributed by atoms with Gasteiger partial charge in [0.1, 0.15) is 11.2 Å². The van der Waals surface area contributed by atoms with Gasteiger partial charge in [-0.05, 0) is 101 Å². The summed E-state index contributed by atoms with van der Waals surface area (Å²) in [5.74, 6) is 0. The zero-order chi connectivity index (χ0) is 32.0. The van der Waals surface area contributed by atoms with Gasteiger partial charge in [0.25, 0.3) is 0 Å². The summed E-state index contributed by atoms with van der Waals surface area (Å²) >= 11 is 0. The lowest BCUT2D eigenvalue weighted by atomic mass is 9.82. The number of hydrogen-bond donors (Lipinski definition) is 0. The molecule has 0 bridgehead atoms. The highest BCUT2D eigenvalue weighted by molar-refractivity contribution is 6.25. The molecule has 0 unspecified atom stereocenters. The van der Waals surface area contributed by atoms with Gasteiger partial charge in [-0.2, -0.15) is 0 Å². The maximum atomic E-state index is 6.44. The zero-order valence-corrected chi connectivity index (χ0v) is 26.8. The van der Waals surface area contributed by atoms with Crippen molar-refractivity contribution in [1.29, 1.82) is 0 Å². The topological polar surface area (TPSA) is 21.3 Å². The van der Waals surface area contributed by atoms with E-state index in [4.69, 9.17) is 4.42 Å². The summed E-state index contributed by atoms with van der Waals surface area (Å²) in [6.45, 7) is 4.71. The molecule has 3 heteroatoms. The van der Waals surface area contributed by atoms with E-state index in [-0.39, 0.29) is 5.41 Å². The Hall–Kier alpha value is -6.06. The molecule has 0 N–H and O–H groups in total. The fourth-order valence-electron chi connectivity index (χ4n) is 8.13. The van der Waals surface area contributed by atoms with Gasteiger partial charge >= 0.3 is 0 Å². The second-order valence-corrected chi connectivity index (χ2v) is 13.4. The molecule has 0 aliphatic heterocycles. The lowest BCUT2D eigenvalue weighted by Gasteiger charge is -2.25. The fraction of sp³-hybridized carbons (Fsp3) is 0.0667. The van der Waals surface area contributed by atoms with Crippen LogP contribution in [0.25, 0.3) is 60.6 Å². The van der Waals surface area contributed by atoms with Crippen molar-refractivity contribution >= 4 is 60.8 Å². The number of furan rings is 1. The minimum atomic E-state index is -0.102. The molecule has 0 radical (unpaired) electrons. The van der Waals surface area contributed by atoms with Gasteiger partial charge in [-0.1, -0.05) is 92.7 Å². The second-order valence-electron chi connectivity index (χ2n) is 13.4. The number of anilines is 3. The summed E-state index contributed by atoms with van der Waals surface area (Å²) in [6, 6.07) is 56.7. The van der Waals surface area contributed by atoms with Crippen LogP contribution in [0.15, 0.2) is 162 Å². The van der Waals surface area contributed by atoms with Crippen molar-refractivity contribution in [3.8, 4) is 16.8 Å². The highest BCUT2D eigenvalue weighted by atomic mass is 16.3. The molecule has 9 aromatic rings. The van der Waals surface area contributed by atoms with Gasteiger partial charge in [-0.25, -0.2) is 0 Å². The van der Waals surface area contributed by atoms with E-state index in [0.717, 1.165) is 44.7 Å². The Morgan fingerprint density at radius 2 is 1.15 bits per heavy atom. The van der Waals surface area contributed by atoms with E-state index in [0.29, 0.717) is 0 Å². The van der Waals surface area contributed by atoms with Crippen molar-refractivity contribution in [2.45, 2.75) is 19.3 Å². The van der Waals surface area contributed by atoms with E-state index in [9.17, 15) is 0 Å². The molecule has 0 saturated carbocycles. The highest BCUT2D eigenvalue weighted by Gasteiger charge is 2.36. The third-order valence-electron chi connectivity index (χ3n) is 10.4. The Morgan fingerprint density at radius 1 is 0.500 bits per heavy atom. The molecule has 1 aliphatic carbocycles. The number of rotatable bonds is 4. The fourth-order valence-corrected chi connectivity index (χ4v) is 8.13. The summed E-state index contributed by atoms with van der Waals surface area (Å²) in [7, 11) is 0. The second kappa shape index (κ2) is 9.97. The summed E-state index contributed by atoms with van der Waals surface area (Å²) in [5, 5.41) is 4.77. The Balaban J connectivity index is 1.26. The first-order valence-corrected chi connectivity index (χ1v) is 16.6. The Kier molecular flexibility index (Phi) is 5.63. The van der Waals surface area contributed by atoms with Crippen LogP contribution in [0.4, 0.5) is 17.1 Å². The van der Waals surface area contributed by atoms with Gasteiger partial charge in [0, 0.05) is 44.3 Å². The number of aromatic nitrogens is 1. The van der Waals surface area contributed by atoms with Crippen LogP contribution < -0.4 is 4.90 Å². The van der Waals surface area contributed by atoms with Crippen molar-refractivity contribution in [3.05, 3.63) is 169 Å². The minimum absolute atomic E-state index is 0.102. The summed E-state index contributed by atoms with van der Waals surface area (Å²) in [4.78, 5) is 2.31. The third-order valence-corrected chi connectivity index (χ3v) is 10.4. The molecule has 0 amide bonds. The van der Waals surface area contributed by atoms with E-state index in [1.54, 1.807) is 0 Å². The molecule has 0 spiro atoms. The number of para-hydroxylation sites is 3. The van der Waals surface area contributed by atoms with Crippen LogP contribution in [0.5, 0.6) is 0 Å². The van der Waals surface area contributed by atoms with Crippen LogP contribution in [-0.2, 0) is 5.41 Å². The van der Waals surface area contributed by atoms with Gasteiger partial charge in [0.15, 0.2) is 0 Å². The summed E-state index contributed by atoms with van der Waals surface area (Å²) < 4.78 is 8.90. The average molecular weight is 617 g/mol. The monoisotopic (exact) mass is 616 g/mol. The van der Waals surface area contributed by atoms with Crippen LogP contribution in [-0.4, -0.2) is 4.57 Å². The van der Waals surface area contributed by atoms with Crippen molar-refractivity contribution in [2.24, 2.45) is 0 Å². The first-order valence-electron chi connectivity index (χ1n) is 16.6. The molecule has 3 nitrogen and oxygen atoms in total. The first-order chi connectivity index (χ1) is 23.6. The normalized spacial score (nSPS) is 13.4. The van der Waals surface area contributed by atoms with E-state index in [2.05, 4.69) is 175 Å². The zero-order valence-electron chi connectivity index (χ0n) is 26.8. The largest absolute Gasteiger partial charge is 0.456 e. The predicted molar refractivity (Wildman–Crippen MR) is 200 cm³/mol. The smallest absolute Gasteiger partial charge is 0.137 e. The summed E-state index contributed by atoms with van der Waals surface area (Å²) in [5.41, 5.74) is 14.0. The van der Waals surface area contributed by atoms with Gasteiger partial charge in [0.2, 0.25) is 0 Å². The van der Waals surface area contributed by atoms with E-state index >= 15 is 0 Å². The molecule has 2 heterocycles. The maximum absolute atomic E-state index is 6.44. The van der Waals surface area contributed by atoms with Crippen LogP contribution >= 0.6 is 0 Å². The molecular formula is C45H32N2O. The van der Waals surface area contributed by atoms with Crippen molar-refractivity contribution in [1.82, 2.24) is 4.57 Å². The lowest BCUT2D eigenvalue weighted by molar-refractivity contribution is 0.661. The Morgan fingerprint density at radius 3 is 1.90 bits per heavy atom. The average Bonchev–Trinajstić information content (AvgIpc) is 3.74. The molecule has 0 fully saturated rings. The van der Waals surface area contributed by atoms with E-state index in [1.807, 2.05) is 6.07 Å². The molecule has 48 heavy (non-hydrogen) atoms. The van der Waals surface area contributed by atoms with Crippen LogP contribution in [0.1, 0.15) is 25.0 Å². The Labute approximate surface area is 278 Å². The number of fused-ring (bicyclic) bond motifs is 10. The quantitative estimate of drug-likeness (QED) is 0.196. The van der Waals surface area contributed by atoms with Crippen LogP contribution in [0.3, 0.4) is 0 Å². The van der Waals surface area contributed by atoms with Gasteiger partial charge in [-0.3, -0.25) is 0 Å². The molecule has 228 valence electrons. The van der Waals surface area contributed by atoms with Crippen LogP contribution in [0, 0.1) is 0 Å². The molecule has 0 saturated heterocycles. The molecule has 2 aromatic heterocycles. The van der Waals surface area contributed by atoms with Crippen molar-refractivity contribution < 1.29 is 4.42 Å². The van der Waals surface area contributed by atoms with Crippen molar-refractivity contribution in [2.75, 3.05) is 4.90 Å². The number of benzene rings is 7. The molecule has 10 rings (SSSR count). The standard InChI is InChI=1S/C45H32N2O/c1-45(2)38-19-11-9-17-33(38)36-27-37-34-25-26-42-43(35-18-10-12-20-41(35)48-42)44(34)47(40(37)28-39(36)45)32-23-21-31(22-24-32)46(29-13-5-3-6-14-29)30-15-7-4-8-16-30/h3-28H,1-2H3. The molecule has 7 aromatic carbocycles. The third kappa shape index (κ3) is 3.76. The predicted octanol–water partition coefficient (Wildman–Crippen LogP) is 12.5. The van der Waals surface area contributed by atoms with Crippen LogP contribution in [0.2, 0.25) is 0 Å². The molecule has 1 aliphatic rings.